The summed E-state index contributed by atoms with van der Waals surface area (Å²) in [6.45, 7) is 0. The molecule has 2 rings (SSSR count). The molecule has 0 atom stereocenters. The van der Waals surface area contributed by atoms with Gasteiger partial charge in [-0.3, -0.25) is 0 Å². The Hall–Kier alpha value is -1.99. The van der Waals surface area contributed by atoms with Crippen LogP contribution < -0.4 is 0 Å². The largest absolute Gasteiger partial charge is 0.235 e. The number of rotatable bonds is 1. The second-order valence-corrected chi connectivity index (χ2v) is 3.13. The zero-order valence-corrected chi connectivity index (χ0v) is 8.31. The third-order valence-corrected chi connectivity index (χ3v) is 1.97. The van der Waals surface area contributed by atoms with Gasteiger partial charge in [0, 0.05) is 6.07 Å². The second kappa shape index (κ2) is 4.03. The van der Waals surface area contributed by atoms with Gasteiger partial charge < -0.3 is 0 Å². The monoisotopic (exact) mass is 216 g/mol. The van der Waals surface area contributed by atoms with E-state index in [1.165, 1.54) is 6.33 Å². The molecule has 0 aliphatic carbocycles. The van der Waals surface area contributed by atoms with Crippen LogP contribution in [0, 0.1) is 11.3 Å². The van der Waals surface area contributed by atoms with Gasteiger partial charge in [-0.15, -0.1) is 0 Å². The third-order valence-electron chi connectivity index (χ3n) is 1.76. The molecule has 0 N–H and O–H groups in total. The average Bonchev–Trinajstić information content (AvgIpc) is 2.29. The summed E-state index contributed by atoms with van der Waals surface area (Å²) in [7, 11) is 0. The van der Waals surface area contributed by atoms with E-state index < -0.39 is 0 Å². The molecule has 0 amide bonds. The van der Waals surface area contributed by atoms with Crippen LogP contribution >= 0.6 is 11.6 Å². The molecule has 2 aromatic heterocycles. The maximum absolute atomic E-state index is 8.69. The molecular weight excluding hydrogens is 212 g/mol. The van der Waals surface area contributed by atoms with E-state index in [0.29, 0.717) is 22.2 Å². The molecule has 2 aromatic rings. The van der Waals surface area contributed by atoms with Gasteiger partial charge in [-0.2, -0.15) is 5.26 Å². The van der Waals surface area contributed by atoms with Gasteiger partial charge >= 0.3 is 0 Å². The van der Waals surface area contributed by atoms with Gasteiger partial charge in [-0.25, -0.2) is 15.0 Å². The molecule has 4 nitrogen and oxygen atoms in total. The Morgan fingerprint density at radius 3 is 2.80 bits per heavy atom. The highest BCUT2D eigenvalue weighted by molar-refractivity contribution is 6.29. The van der Waals surface area contributed by atoms with Crippen molar-refractivity contribution in [3.05, 3.63) is 41.4 Å². The first-order chi connectivity index (χ1) is 7.29. The summed E-state index contributed by atoms with van der Waals surface area (Å²) in [4.78, 5) is 11.9. The topological polar surface area (TPSA) is 62.5 Å². The summed E-state index contributed by atoms with van der Waals surface area (Å²) in [6.07, 6.45) is 1.36. The van der Waals surface area contributed by atoms with Gasteiger partial charge in [0.05, 0.1) is 11.4 Å². The number of nitriles is 1. The van der Waals surface area contributed by atoms with Crippen molar-refractivity contribution in [1.82, 2.24) is 15.0 Å². The summed E-state index contributed by atoms with van der Waals surface area (Å²) in [6, 6.07) is 8.71. The first kappa shape index (κ1) is 9.56. The Morgan fingerprint density at radius 1 is 1.20 bits per heavy atom. The van der Waals surface area contributed by atoms with Gasteiger partial charge in [0.25, 0.3) is 0 Å². The molecule has 5 heteroatoms. The maximum atomic E-state index is 8.69. The van der Waals surface area contributed by atoms with E-state index >= 15 is 0 Å². The van der Waals surface area contributed by atoms with Gasteiger partial charge in [0.15, 0.2) is 0 Å². The second-order valence-electron chi connectivity index (χ2n) is 2.75. The van der Waals surface area contributed by atoms with Crippen molar-refractivity contribution < 1.29 is 0 Å². The summed E-state index contributed by atoms with van der Waals surface area (Å²) >= 11 is 5.72. The van der Waals surface area contributed by atoms with Crippen molar-refractivity contribution in [2.75, 3.05) is 0 Å². The minimum atomic E-state index is 0.349. The van der Waals surface area contributed by atoms with E-state index in [-0.39, 0.29) is 0 Å². The molecule has 72 valence electrons. The fourth-order valence-corrected chi connectivity index (χ4v) is 1.26. The van der Waals surface area contributed by atoms with Gasteiger partial charge in [-0.05, 0) is 12.1 Å². The lowest BCUT2D eigenvalue weighted by Crippen LogP contribution is -1.90. The number of halogens is 1. The Balaban J connectivity index is 2.50. The van der Waals surface area contributed by atoms with Crippen molar-refractivity contribution in [2.24, 2.45) is 0 Å². The van der Waals surface area contributed by atoms with Crippen LogP contribution in [0.3, 0.4) is 0 Å². The zero-order valence-electron chi connectivity index (χ0n) is 7.55. The molecule has 0 unspecified atom stereocenters. The summed E-state index contributed by atoms with van der Waals surface area (Å²) < 4.78 is 0. The van der Waals surface area contributed by atoms with Crippen molar-refractivity contribution in [2.45, 2.75) is 0 Å². The quantitative estimate of drug-likeness (QED) is 0.685. The minimum Gasteiger partial charge on any atom is -0.235 e. The predicted octanol–water partition coefficient (Wildman–Crippen LogP) is 2.06. The Bertz CT molecular complexity index is 533. The molecule has 0 radical (unpaired) electrons. The maximum Gasteiger partial charge on any atom is 0.141 e. The van der Waals surface area contributed by atoms with E-state index in [1.54, 1.807) is 24.3 Å². The first-order valence-corrected chi connectivity index (χ1v) is 4.52. The number of pyridine rings is 1. The zero-order chi connectivity index (χ0) is 10.7. The van der Waals surface area contributed by atoms with E-state index in [1.807, 2.05) is 6.07 Å². The number of hydrogen-bond donors (Lipinski definition) is 0. The molecule has 0 aliphatic heterocycles. The van der Waals surface area contributed by atoms with Crippen molar-refractivity contribution >= 4 is 11.6 Å². The smallest absolute Gasteiger partial charge is 0.141 e. The fourth-order valence-electron chi connectivity index (χ4n) is 1.11. The number of hydrogen-bond acceptors (Lipinski definition) is 4. The van der Waals surface area contributed by atoms with Crippen LogP contribution in [0.4, 0.5) is 0 Å². The van der Waals surface area contributed by atoms with Gasteiger partial charge in [0.1, 0.15) is 23.2 Å². The number of aromatic nitrogens is 3. The molecule has 0 bridgehead atoms. The lowest BCUT2D eigenvalue weighted by Gasteiger charge is -1.99. The molecule has 15 heavy (non-hydrogen) atoms. The average molecular weight is 217 g/mol. The van der Waals surface area contributed by atoms with Crippen LogP contribution in [0.2, 0.25) is 5.15 Å². The summed E-state index contributed by atoms with van der Waals surface area (Å²) in [5.74, 6) is 0. The summed E-state index contributed by atoms with van der Waals surface area (Å²) in [5, 5.41) is 9.04. The van der Waals surface area contributed by atoms with Crippen molar-refractivity contribution in [1.29, 1.82) is 5.26 Å². The van der Waals surface area contributed by atoms with Crippen molar-refractivity contribution in [3.63, 3.8) is 0 Å². The highest BCUT2D eigenvalue weighted by atomic mass is 35.5. The Kier molecular flexibility index (Phi) is 2.57. The van der Waals surface area contributed by atoms with E-state index in [0.717, 1.165) is 0 Å². The highest BCUT2D eigenvalue weighted by Crippen LogP contribution is 2.16. The minimum absolute atomic E-state index is 0.349. The molecule has 0 saturated carbocycles. The molecule has 0 fully saturated rings. The van der Waals surface area contributed by atoms with Crippen molar-refractivity contribution in [3.8, 4) is 17.5 Å². The lowest BCUT2D eigenvalue weighted by molar-refractivity contribution is 1.15. The molecule has 0 aromatic carbocycles. The molecule has 0 spiro atoms. The standard InChI is InChI=1S/C10H5ClN4/c11-10-4-9(13-6-14-10)8-3-1-2-7(5-12)15-8/h1-4,6H. The SMILES string of the molecule is N#Cc1cccc(-c2cc(Cl)ncn2)n1. The normalized spacial score (nSPS) is 9.60. The highest BCUT2D eigenvalue weighted by Gasteiger charge is 2.02. The van der Waals surface area contributed by atoms with E-state index in [4.69, 9.17) is 16.9 Å². The van der Waals surface area contributed by atoms with Crippen LogP contribution in [0.5, 0.6) is 0 Å². The predicted molar refractivity (Wildman–Crippen MR) is 55.0 cm³/mol. The van der Waals surface area contributed by atoms with Crippen LogP contribution in [-0.4, -0.2) is 15.0 Å². The molecule has 0 saturated heterocycles. The Morgan fingerprint density at radius 2 is 2.07 bits per heavy atom. The third kappa shape index (κ3) is 2.09. The Labute approximate surface area is 91.2 Å². The first-order valence-electron chi connectivity index (χ1n) is 4.14. The fraction of sp³-hybridized carbons (Fsp3) is 0. The van der Waals surface area contributed by atoms with Crippen LogP contribution in [0.15, 0.2) is 30.6 Å². The van der Waals surface area contributed by atoms with Crippen LogP contribution in [-0.2, 0) is 0 Å². The van der Waals surface area contributed by atoms with Gasteiger partial charge in [-0.1, -0.05) is 17.7 Å². The number of nitrogens with zero attached hydrogens (tertiary/aromatic N) is 4. The molecule has 0 aliphatic rings. The molecular formula is C10H5ClN4. The van der Waals surface area contributed by atoms with Crippen LogP contribution in [0.1, 0.15) is 5.69 Å². The molecule has 2 heterocycles. The van der Waals surface area contributed by atoms with Crippen LogP contribution in [0.25, 0.3) is 11.4 Å². The van der Waals surface area contributed by atoms with E-state index in [9.17, 15) is 0 Å². The van der Waals surface area contributed by atoms with Gasteiger partial charge in [0.2, 0.25) is 0 Å². The van der Waals surface area contributed by atoms with E-state index in [2.05, 4.69) is 15.0 Å². The lowest BCUT2D eigenvalue weighted by atomic mass is 10.2. The summed E-state index contributed by atoms with van der Waals surface area (Å²) in [5.41, 5.74) is 1.56.